The van der Waals surface area contributed by atoms with E-state index in [4.69, 9.17) is 0 Å². The van der Waals surface area contributed by atoms with E-state index in [2.05, 4.69) is 15.4 Å². The van der Waals surface area contributed by atoms with E-state index in [0.717, 1.165) is 11.4 Å². The molecule has 2 rings (SSSR count). The number of aromatic carboxylic acids is 1. The summed E-state index contributed by atoms with van der Waals surface area (Å²) in [6.07, 6.45) is 0. The van der Waals surface area contributed by atoms with Gasteiger partial charge in [-0.2, -0.15) is 5.10 Å². The zero-order chi connectivity index (χ0) is 14.0. The SMILES string of the molecule is Cc1cccc(CNc2c(C(=O)O)c(C)nn2C)n1. The Labute approximate surface area is 111 Å². The van der Waals surface area contributed by atoms with E-state index >= 15 is 0 Å². The minimum atomic E-state index is -0.981. The average Bonchev–Trinajstić information content (AvgIpc) is 2.61. The molecule has 0 radical (unpaired) electrons. The van der Waals surface area contributed by atoms with E-state index in [1.807, 2.05) is 25.1 Å². The summed E-state index contributed by atoms with van der Waals surface area (Å²) >= 11 is 0. The summed E-state index contributed by atoms with van der Waals surface area (Å²) in [4.78, 5) is 15.6. The van der Waals surface area contributed by atoms with Gasteiger partial charge in [0.05, 0.1) is 17.9 Å². The fourth-order valence-corrected chi connectivity index (χ4v) is 1.99. The van der Waals surface area contributed by atoms with Crippen molar-refractivity contribution in [3.8, 4) is 0 Å². The van der Waals surface area contributed by atoms with Crippen molar-refractivity contribution in [2.24, 2.45) is 7.05 Å². The Morgan fingerprint density at radius 3 is 2.79 bits per heavy atom. The number of pyridine rings is 1. The van der Waals surface area contributed by atoms with Crippen LogP contribution in [0.5, 0.6) is 0 Å². The Bertz CT molecular complexity index is 619. The maximum absolute atomic E-state index is 11.2. The van der Waals surface area contributed by atoms with Gasteiger partial charge in [-0.1, -0.05) is 6.07 Å². The van der Waals surface area contributed by atoms with Crippen LogP contribution in [0.4, 0.5) is 5.82 Å². The Morgan fingerprint density at radius 1 is 1.42 bits per heavy atom. The van der Waals surface area contributed by atoms with Crippen molar-refractivity contribution < 1.29 is 9.90 Å². The summed E-state index contributed by atoms with van der Waals surface area (Å²) in [6, 6.07) is 5.73. The number of anilines is 1. The number of hydrogen-bond acceptors (Lipinski definition) is 4. The number of carboxylic acid groups (broad SMARTS) is 1. The monoisotopic (exact) mass is 260 g/mol. The molecule has 0 unspecified atom stereocenters. The molecule has 0 fully saturated rings. The number of carbonyl (C=O) groups is 1. The molecule has 0 aromatic carbocycles. The van der Waals surface area contributed by atoms with Crippen molar-refractivity contribution >= 4 is 11.8 Å². The van der Waals surface area contributed by atoms with Crippen LogP contribution in [0, 0.1) is 13.8 Å². The summed E-state index contributed by atoms with van der Waals surface area (Å²) in [5, 5.41) is 16.4. The Morgan fingerprint density at radius 2 is 2.16 bits per heavy atom. The van der Waals surface area contributed by atoms with Crippen molar-refractivity contribution in [3.63, 3.8) is 0 Å². The molecule has 0 atom stereocenters. The molecule has 0 amide bonds. The molecule has 6 nitrogen and oxygen atoms in total. The molecule has 19 heavy (non-hydrogen) atoms. The van der Waals surface area contributed by atoms with Crippen molar-refractivity contribution in [2.75, 3.05) is 5.32 Å². The van der Waals surface area contributed by atoms with Crippen LogP contribution in [-0.4, -0.2) is 25.8 Å². The first-order valence-corrected chi connectivity index (χ1v) is 5.92. The third kappa shape index (κ3) is 2.73. The van der Waals surface area contributed by atoms with E-state index in [9.17, 15) is 9.90 Å². The molecular weight excluding hydrogens is 244 g/mol. The first-order chi connectivity index (χ1) is 8.99. The lowest BCUT2D eigenvalue weighted by atomic mass is 10.2. The predicted octanol–water partition coefficient (Wildman–Crippen LogP) is 1.74. The highest BCUT2D eigenvalue weighted by Gasteiger charge is 2.19. The van der Waals surface area contributed by atoms with E-state index in [0.29, 0.717) is 18.1 Å². The maximum Gasteiger partial charge on any atom is 0.341 e. The lowest BCUT2D eigenvalue weighted by Gasteiger charge is -2.08. The first kappa shape index (κ1) is 13.1. The molecule has 6 heteroatoms. The van der Waals surface area contributed by atoms with Gasteiger partial charge in [0.25, 0.3) is 0 Å². The molecule has 0 aliphatic rings. The van der Waals surface area contributed by atoms with Gasteiger partial charge in [-0.15, -0.1) is 0 Å². The van der Waals surface area contributed by atoms with Gasteiger partial charge in [-0.3, -0.25) is 9.67 Å². The lowest BCUT2D eigenvalue weighted by molar-refractivity contribution is 0.0697. The number of nitrogens with one attached hydrogen (secondary N) is 1. The van der Waals surface area contributed by atoms with Crippen LogP contribution < -0.4 is 5.32 Å². The van der Waals surface area contributed by atoms with E-state index in [1.54, 1.807) is 14.0 Å². The zero-order valence-corrected chi connectivity index (χ0v) is 11.1. The minimum Gasteiger partial charge on any atom is -0.477 e. The molecule has 0 aliphatic heterocycles. The predicted molar refractivity (Wildman–Crippen MR) is 71.2 cm³/mol. The molecule has 2 aromatic heterocycles. The highest BCUT2D eigenvalue weighted by molar-refractivity contribution is 5.94. The normalized spacial score (nSPS) is 10.5. The largest absolute Gasteiger partial charge is 0.477 e. The molecule has 0 bridgehead atoms. The molecule has 2 N–H and O–H groups in total. The van der Waals surface area contributed by atoms with Crippen molar-refractivity contribution in [1.29, 1.82) is 0 Å². The van der Waals surface area contributed by atoms with Crippen LogP contribution in [-0.2, 0) is 13.6 Å². The summed E-state index contributed by atoms with van der Waals surface area (Å²) < 4.78 is 1.54. The average molecular weight is 260 g/mol. The first-order valence-electron chi connectivity index (χ1n) is 5.92. The number of nitrogens with zero attached hydrogens (tertiary/aromatic N) is 3. The van der Waals surface area contributed by atoms with Gasteiger partial charge in [0.1, 0.15) is 11.4 Å². The molecule has 0 spiro atoms. The van der Waals surface area contributed by atoms with Crippen molar-refractivity contribution in [1.82, 2.24) is 14.8 Å². The van der Waals surface area contributed by atoms with Gasteiger partial charge < -0.3 is 10.4 Å². The smallest absolute Gasteiger partial charge is 0.341 e. The van der Waals surface area contributed by atoms with Gasteiger partial charge in [0.15, 0.2) is 0 Å². The van der Waals surface area contributed by atoms with Crippen LogP contribution in [0.2, 0.25) is 0 Å². The van der Waals surface area contributed by atoms with Crippen LogP contribution in [0.25, 0.3) is 0 Å². The highest BCUT2D eigenvalue weighted by Crippen LogP contribution is 2.19. The second kappa shape index (κ2) is 5.09. The third-order valence-electron chi connectivity index (χ3n) is 2.82. The van der Waals surface area contributed by atoms with Crippen LogP contribution in [0.15, 0.2) is 18.2 Å². The van der Waals surface area contributed by atoms with E-state index in [-0.39, 0.29) is 5.56 Å². The summed E-state index contributed by atoms with van der Waals surface area (Å²) in [6.45, 7) is 4.06. The quantitative estimate of drug-likeness (QED) is 0.875. The Balaban J connectivity index is 2.22. The number of hydrogen-bond donors (Lipinski definition) is 2. The van der Waals surface area contributed by atoms with Crippen molar-refractivity contribution in [2.45, 2.75) is 20.4 Å². The van der Waals surface area contributed by atoms with Crippen LogP contribution >= 0.6 is 0 Å². The van der Waals surface area contributed by atoms with E-state index < -0.39 is 5.97 Å². The molecule has 0 saturated heterocycles. The summed E-state index contributed by atoms with van der Waals surface area (Å²) in [7, 11) is 1.71. The number of carboxylic acids is 1. The lowest BCUT2D eigenvalue weighted by Crippen LogP contribution is -2.10. The standard InChI is InChI=1S/C13H16N4O2/c1-8-5-4-6-10(15-8)7-14-12-11(13(18)19)9(2)16-17(12)3/h4-6,14H,7H2,1-3H3,(H,18,19). The summed E-state index contributed by atoms with van der Waals surface area (Å²) in [5.74, 6) is -0.487. The summed E-state index contributed by atoms with van der Waals surface area (Å²) in [5.41, 5.74) is 2.49. The number of aromatic nitrogens is 3. The fraction of sp³-hybridized carbons (Fsp3) is 0.308. The second-order valence-electron chi connectivity index (χ2n) is 4.36. The van der Waals surface area contributed by atoms with E-state index in [1.165, 1.54) is 4.68 Å². The van der Waals surface area contributed by atoms with Gasteiger partial charge in [-0.25, -0.2) is 4.79 Å². The van der Waals surface area contributed by atoms with Gasteiger partial charge in [0, 0.05) is 12.7 Å². The molecule has 2 heterocycles. The second-order valence-corrected chi connectivity index (χ2v) is 4.36. The molecule has 0 aliphatic carbocycles. The molecular formula is C13H16N4O2. The minimum absolute atomic E-state index is 0.204. The maximum atomic E-state index is 11.2. The van der Waals surface area contributed by atoms with Crippen molar-refractivity contribution in [3.05, 3.63) is 40.8 Å². The fourth-order valence-electron chi connectivity index (χ4n) is 1.99. The topological polar surface area (TPSA) is 80.0 Å². The van der Waals surface area contributed by atoms with Gasteiger partial charge >= 0.3 is 5.97 Å². The zero-order valence-electron chi connectivity index (χ0n) is 11.1. The Kier molecular flexibility index (Phi) is 3.50. The van der Waals surface area contributed by atoms with Gasteiger partial charge in [0.2, 0.25) is 0 Å². The molecule has 2 aromatic rings. The molecule has 0 saturated carbocycles. The molecule has 100 valence electrons. The third-order valence-corrected chi connectivity index (χ3v) is 2.82. The number of rotatable bonds is 4. The Hall–Kier alpha value is -2.37. The van der Waals surface area contributed by atoms with Gasteiger partial charge in [-0.05, 0) is 26.0 Å². The highest BCUT2D eigenvalue weighted by atomic mass is 16.4. The number of aryl methyl sites for hydroxylation is 3. The van der Waals surface area contributed by atoms with Crippen LogP contribution in [0.1, 0.15) is 27.4 Å². The van der Waals surface area contributed by atoms with Crippen LogP contribution in [0.3, 0.4) is 0 Å².